The van der Waals surface area contributed by atoms with Crippen molar-refractivity contribution in [3.63, 3.8) is 0 Å². The molecule has 176 valence electrons. The SMILES string of the molecule is C[C@H]1O[C@@H](O[C@H]2[C@H](O)[C@@H](O)[C@@H](O[C@@H]3CN[C@H](CO)[C@@H]3O)O[C@@H]2CO)[C@H](O)[C@@H](O)[C@@H]1O. The first-order valence-corrected chi connectivity index (χ1v) is 9.84. The van der Waals surface area contributed by atoms with Crippen molar-refractivity contribution in [1.29, 1.82) is 0 Å². The highest BCUT2D eigenvalue weighted by Gasteiger charge is 2.51. The molecule has 30 heavy (non-hydrogen) atoms. The zero-order valence-electron chi connectivity index (χ0n) is 16.3. The van der Waals surface area contributed by atoms with E-state index >= 15 is 0 Å². The third kappa shape index (κ3) is 4.63. The smallest absolute Gasteiger partial charge is 0.187 e. The molecule has 0 saturated carbocycles. The van der Waals surface area contributed by atoms with Crippen molar-refractivity contribution in [1.82, 2.24) is 5.32 Å². The van der Waals surface area contributed by atoms with E-state index in [1.165, 1.54) is 6.92 Å². The summed E-state index contributed by atoms with van der Waals surface area (Å²) < 4.78 is 21.9. The van der Waals surface area contributed by atoms with E-state index in [-0.39, 0.29) is 13.2 Å². The standard InChI is InChI=1S/C17H31NO12/c1-5-9(21)11(23)13(25)16(27-5)30-15-8(4-20)29-17(14(26)12(15)24)28-7-2-18-6(3-19)10(7)22/h5-26H,2-4H2,1H3/t5-,6-,7-,8-,9-,10+,11+,12-,13-,14-,15-,16+,17+/m1/s1. The lowest BCUT2D eigenvalue weighted by Crippen LogP contribution is -2.64. The molecule has 0 aromatic rings. The Morgan fingerprint density at radius 2 is 1.40 bits per heavy atom. The number of nitrogens with one attached hydrogen (secondary N) is 1. The van der Waals surface area contributed by atoms with E-state index in [9.17, 15) is 40.9 Å². The molecule has 0 unspecified atom stereocenters. The molecule has 3 heterocycles. The zero-order valence-corrected chi connectivity index (χ0v) is 16.3. The maximum Gasteiger partial charge on any atom is 0.187 e. The molecule has 0 bridgehead atoms. The Balaban J connectivity index is 1.66. The predicted octanol–water partition coefficient (Wildman–Crippen LogP) is -5.65. The quantitative estimate of drug-likeness (QED) is 0.188. The van der Waals surface area contributed by atoms with Gasteiger partial charge in [0.15, 0.2) is 12.6 Å². The summed E-state index contributed by atoms with van der Waals surface area (Å²) in [7, 11) is 0. The van der Waals surface area contributed by atoms with E-state index in [4.69, 9.17) is 18.9 Å². The second-order valence-corrected chi connectivity index (χ2v) is 7.85. The first-order valence-electron chi connectivity index (χ1n) is 9.84. The van der Waals surface area contributed by atoms with Gasteiger partial charge in [0.25, 0.3) is 0 Å². The van der Waals surface area contributed by atoms with Crippen LogP contribution in [0.3, 0.4) is 0 Å². The van der Waals surface area contributed by atoms with Crippen LogP contribution in [0.25, 0.3) is 0 Å². The van der Waals surface area contributed by atoms with Crippen molar-refractivity contribution in [2.45, 2.75) is 86.6 Å². The van der Waals surface area contributed by atoms with Crippen LogP contribution in [-0.4, -0.2) is 140 Å². The summed E-state index contributed by atoms with van der Waals surface area (Å²) in [5, 5.41) is 82.5. The van der Waals surface area contributed by atoms with Crippen LogP contribution in [0, 0.1) is 0 Å². The lowest BCUT2D eigenvalue weighted by molar-refractivity contribution is -0.361. The highest BCUT2D eigenvalue weighted by Crippen LogP contribution is 2.30. The third-order valence-corrected chi connectivity index (χ3v) is 5.80. The minimum atomic E-state index is -1.65. The van der Waals surface area contributed by atoms with Crippen molar-refractivity contribution >= 4 is 0 Å². The van der Waals surface area contributed by atoms with Crippen LogP contribution in [0.4, 0.5) is 0 Å². The van der Waals surface area contributed by atoms with Gasteiger partial charge in [0.05, 0.1) is 31.5 Å². The fourth-order valence-electron chi connectivity index (χ4n) is 3.86. The van der Waals surface area contributed by atoms with Crippen LogP contribution >= 0.6 is 0 Å². The van der Waals surface area contributed by atoms with E-state index in [0.29, 0.717) is 0 Å². The Hall–Kier alpha value is -0.520. The number of aliphatic hydroxyl groups excluding tert-OH is 8. The van der Waals surface area contributed by atoms with Gasteiger partial charge in [0.2, 0.25) is 0 Å². The first kappa shape index (κ1) is 24.1. The third-order valence-electron chi connectivity index (χ3n) is 5.80. The molecule has 0 spiro atoms. The molecular formula is C17H31NO12. The summed E-state index contributed by atoms with van der Waals surface area (Å²) >= 11 is 0. The number of ether oxygens (including phenoxy) is 4. The van der Waals surface area contributed by atoms with Gasteiger partial charge < -0.3 is 65.1 Å². The molecule has 3 aliphatic heterocycles. The highest BCUT2D eigenvalue weighted by atomic mass is 16.7. The Morgan fingerprint density at radius 1 is 0.767 bits per heavy atom. The predicted molar refractivity (Wildman–Crippen MR) is 94.7 cm³/mol. The molecule has 0 amide bonds. The van der Waals surface area contributed by atoms with Crippen molar-refractivity contribution in [3.05, 3.63) is 0 Å². The van der Waals surface area contributed by atoms with Crippen LogP contribution in [-0.2, 0) is 18.9 Å². The highest BCUT2D eigenvalue weighted by molar-refractivity contribution is 4.96. The lowest BCUT2D eigenvalue weighted by Gasteiger charge is -2.46. The van der Waals surface area contributed by atoms with Crippen LogP contribution in [0.1, 0.15) is 6.92 Å². The van der Waals surface area contributed by atoms with Crippen LogP contribution in [0.2, 0.25) is 0 Å². The number of rotatable bonds is 6. The van der Waals surface area contributed by atoms with Crippen molar-refractivity contribution in [3.8, 4) is 0 Å². The molecule has 13 heteroatoms. The average Bonchev–Trinajstić information content (AvgIpc) is 3.08. The molecule has 0 aliphatic carbocycles. The van der Waals surface area contributed by atoms with Gasteiger partial charge in [-0.15, -0.1) is 0 Å². The average molecular weight is 441 g/mol. The van der Waals surface area contributed by atoms with E-state index in [1.807, 2.05) is 0 Å². The molecule has 3 saturated heterocycles. The Bertz CT molecular complexity index is 555. The number of hydrogen-bond donors (Lipinski definition) is 9. The normalized spacial score (nSPS) is 52.5. The fourth-order valence-corrected chi connectivity index (χ4v) is 3.86. The molecule has 3 fully saturated rings. The van der Waals surface area contributed by atoms with Crippen LogP contribution in [0.15, 0.2) is 0 Å². The Labute approximate surface area is 172 Å². The van der Waals surface area contributed by atoms with Crippen molar-refractivity contribution in [2.75, 3.05) is 19.8 Å². The van der Waals surface area contributed by atoms with Crippen LogP contribution in [0.5, 0.6) is 0 Å². The maximum absolute atomic E-state index is 10.5. The molecular weight excluding hydrogens is 410 g/mol. The summed E-state index contributed by atoms with van der Waals surface area (Å²) in [5.41, 5.74) is 0. The first-order chi connectivity index (χ1) is 14.2. The van der Waals surface area contributed by atoms with Gasteiger partial charge in [0.1, 0.15) is 48.8 Å². The van der Waals surface area contributed by atoms with E-state index in [0.717, 1.165) is 0 Å². The second-order valence-electron chi connectivity index (χ2n) is 7.85. The molecule has 0 radical (unpaired) electrons. The summed E-state index contributed by atoms with van der Waals surface area (Å²) in [5.74, 6) is 0. The van der Waals surface area contributed by atoms with Gasteiger partial charge in [-0.2, -0.15) is 0 Å². The molecule has 0 aromatic heterocycles. The summed E-state index contributed by atoms with van der Waals surface area (Å²) in [6, 6.07) is -0.612. The van der Waals surface area contributed by atoms with Gasteiger partial charge in [0, 0.05) is 6.54 Å². The molecule has 13 nitrogen and oxygen atoms in total. The van der Waals surface area contributed by atoms with Gasteiger partial charge in [-0.1, -0.05) is 0 Å². The maximum atomic E-state index is 10.5. The fraction of sp³-hybridized carbons (Fsp3) is 1.00. The van der Waals surface area contributed by atoms with Crippen molar-refractivity contribution in [2.24, 2.45) is 0 Å². The zero-order chi connectivity index (χ0) is 22.2. The summed E-state index contributed by atoms with van der Waals surface area (Å²) in [4.78, 5) is 0. The van der Waals surface area contributed by atoms with Gasteiger partial charge in [-0.25, -0.2) is 0 Å². The van der Waals surface area contributed by atoms with Gasteiger partial charge in [-0.3, -0.25) is 0 Å². The van der Waals surface area contributed by atoms with Gasteiger partial charge >= 0.3 is 0 Å². The van der Waals surface area contributed by atoms with E-state index in [2.05, 4.69) is 5.32 Å². The Kier molecular flexibility index (Phi) is 8.01. The van der Waals surface area contributed by atoms with Crippen molar-refractivity contribution < 1.29 is 59.8 Å². The Morgan fingerprint density at radius 3 is 2.00 bits per heavy atom. The number of hydrogen-bond acceptors (Lipinski definition) is 13. The summed E-state index contributed by atoms with van der Waals surface area (Å²) in [6.07, 6.45) is -16.1. The summed E-state index contributed by atoms with van der Waals surface area (Å²) in [6.45, 7) is 0.643. The molecule has 3 rings (SSSR count). The lowest BCUT2D eigenvalue weighted by atomic mass is 9.97. The molecule has 9 N–H and O–H groups in total. The second kappa shape index (κ2) is 9.95. The molecule has 0 aromatic carbocycles. The molecule has 13 atom stereocenters. The largest absolute Gasteiger partial charge is 0.395 e. The van der Waals surface area contributed by atoms with E-state index in [1.54, 1.807) is 0 Å². The monoisotopic (exact) mass is 441 g/mol. The molecule has 3 aliphatic rings. The van der Waals surface area contributed by atoms with Gasteiger partial charge in [-0.05, 0) is 6.92 Å². The number of aliphatic hydroxyl groups is 8. The van der Waals surface area contributed by atoms with E-state index < -0.39 is 86.3 Å². The minimum Gasteiger partial charge on any atom is -0.395 e. The minimum absolute atomic E-state index is 0.166. The van der Waals surface area contributed by atoms with Crippen LogP contribution < -0.4 is 5.32 Å². The topological polar surface area (TPSA) is 211 Å².